The van der Waals surface area contributed by atoms with Crippen LogP contribution >= 0.6 is 46.3 Å². The first kappa shape index (κ1) is 20.0. The van der Waals surface area contributed by atoms with E-state index in [1.54, 1.807) is 25.1 Å². The average molecular weight is 442 g/mol. The second-order valence-electron chi connectivity index (χ2n) is 5.81. The number of nitrogen functional groups attached to an aromatic ring is 1. The molecule has 2 unspecified atom stereocenters. The lowest BCUT2D eigenvalue weighted by atomic mass is 10.1. The van der Waals surface area contributed by atoms with Gasteiger partial charge in [-0.1, -0.05) is 47.1 Å². The van der Waals surface area contributed by atoms with Gasteiger partial charge in [0.1, 0.15) is 0 Å². The van der Waals surface area contributed by atoms with Crippen LogP contribution in [-0.4, -0.2) is 26.0 Å². The molecule has 10 heteroatoms. The third kappa shape index (κ3) is 4.57. The molecule has 1 aromatic carbocycles. The van der Waals surface area contributed by atoms with Crippen LogP contribution in [0.4, 0.5) is 0 Å². The largest absolute Gasteiger partial charge is 0.349 e. The normalized spacial score (nSPS) is 13.3. The average Bonchev–Trinajstić information content (AvgIpc) is 3.25. The van der Waals surface area contributed by atoms with Gasteiger partial charge in [-0.15, -0.1) is 21.5 Å². The van der Waals surface area contributed by atoms with E-state index in [1.165, 1.54) is 27.8 Å². The van der Waals surface area contributed by atoms with Crippen molar-refractivity contribution in [2.24, 2.45) is 0 Å². The molecule has 0 radical (unpaired) electrons. The third-order valence-electron chi connectivity index (χ3n) is 3.85. The lowest BCUT2D eigenvalue weighted by Gasteiger charge is -2.18. The first-order valence-electron chi connectivity index (χ1n) is 8.03. The Hall–Kier alpha value is -1.74. The standard InChI is InChI=1S/C17H17Cl2N5OS2/c1-9(12-6-5-11(18)8-13(12)19)21-16(25)10(2)27-17-23-22-15(24(17)20)14-4-3-7-26-14/h3-10H,20H2,1-2H3,(H,21,25). The van der Waals surface area contributed by atoms with Crippen LogP contribution in [-0.2, 0) is 4.79 Å². The van der Waals surface area contributed by atoms with E-state index < -0.39 is 5.25 Å². The number of amides is 1. The van der Waals surface area contributed by atoms with Crippen LogP contribution in [0.5, 0.6) is 0 Å². The molecule has 0 spiro atoms. The number of rotatable bonds is 6. The van der Waals surface area contributed by atoms with E-state index in [4.69, 9.17) is 29.0 Å². The minimum Gasteiger partial charge on any atom is -0.349 e. The number of nitrogens with one attached hydrogen (secondary N) is 1. The molecule has 27 heavy (non-hydrogen) atoms. The van der Waals surface area contributed by atoms with Crippen molar-refractivity contribution in [2.45, 2.75) is 30.3 Å². The molecule has 0 aliphatic rings. The summed E-state index contributed by atoms with van der Waals surface area (Å²) in [6.07, 6.45) is 0. The first-order valence-corrected chi connectivity index (χ1v) is 10.5. The van der Waals surface area contributed by atoms with Gasteiger partial charge < -0.3 is 11.2 Å². The molecule has 3 N–H and O–H groups in total. The zero-order valence-electron chi connectivity index (χ0n) is 14.5. The molecule has 2 heterocycles. The Morgan fingerprint density at radius 1 is 1.30 bits per heavy atom. The summed E-state index contributed by atoms with van der Waals surface area (Å²) in [7, 11) is 0. The van der Waals surface area contributed by atoms with Crippen molar-refractivity contribution in [3.63, 3.8) is 0 Å². The molecular weight excluding hydrogens is 425 g/mol. The molecular formula is C17H17Cl2N5OS2. The summed E-state index contributed by atoms with van der Waals surface area (Å²) in [6.45, 7) is 3.65. The molecule has 2 aromatic heterocycles. The topological polar surface area (TPSA) is 85.8 Å². The lowest BCUT2D eigenvalue weighted by Crippen LogP contribution is -2.33. The highest BCUT2D eigenvalue weighted by Gasteiger charge is 2.22. The van der Waals surface area contributed by atoms with Crippen molar-refractivity contribution in [1.29, 1.82) is 0 Å². The highest BCUT2D eigenvalue weighted by atomic mass is 35.5. The van der Waals surface area contributed by atoms with E-state index in [2.05, 4.69) is 15.5 Å². The van der Waals surface area contributed by atoms with Crippen LogP contribution in [0.3, 0.4) is 0 Å². The number of thioether (sulfide) groups is 1. The second-order valence-corrected chi connectivity index (χ2v) is 8.91. The zero-order chi connectivity index (χ0) is 19.6. The molecule has 3 rings (SSSR count). The molecule has 1 amide bonds. The summed E-state index contributed by atoms with van der Waals surface area (Å²) in [5.41, 5.74) is 0.800. The van der Waals surface area contributed by atoms with Crippen LogP contribution in [0.25, 0.3) is 10.7 Å². The number of thiophene rings is 1. The Morgan fingerprint density at radius 2 is 2.07 bits per heavy atom. The van der Waals surface area contributed by atoms with E-state index in [9.17, 15) is 4.79 Å². The van der Waals surface area contributed by atoms with Gasteiger partial charge in [0.05, 0.1) is 16.2 Å². The fraction of sp³-hybridized carbons (Fsp3) is 0.235. The number of aromatic nitrogens is 3. The molecule has 6 nitrogen and oxygen atoms in total. The molecule has 142 valence electrons. The summed E-state index contributed by atoms with van der Waals surface area (Å²) in [5.74, 6) is 6.50. The molecule has 0 fully saturated rings. The maximum Gasteiger partial charge on any atom is 0.233 e. The van der Waals surface area contributed by atoms with Crippen molar-refractivity contribution >= 4 is 52.2 Å². The van der Waals surface area contributed by atoms with Gasteiger partial charge in [0.25, 0.3) is 0 Å². The third-order valence-corrected chi connectivity index (χ3v) is 6.33. The summed E-state index contributed by atoms with van der Waals surface area (Å²) >= 11 is 14.9. The van der Waals surface area contributed by atoms with Crippen LogP contribution in [0.15, 0.2) is 40.9 Å². The first-order chi connectivity index (χ1) is 12.9. The predicted molar refractivity (Wildman–Crippen MR) is 112 cm³/mol. The molecule has 3 aromatic rings. The smallest absolute Gasteiger partial charge is 0.233 e. The number of hydrogen-bond acceptors (Lipinski definition) is 6. The number of halogens is 2. The lowest BCUT2D eigenvalue weighted by molar-refractivity contribution is -0.120. The molecule has 0 aliphatic carbocycles. The SMILES string of the molecule is CC(Sc1nnc(-c2cccs2)n1N)C(=O)NC(C)c1ccc(Cl)cc1Cl. The molecule has 0 saturated carbocycles. The van der Waals surface area contributed by atoms with E-state index in [0.29, 0.717) is 21.0 Å². The minimum atomic E-state index is -0.416. The quantitative estimate of drug-likeness (QED) is 0.437. The van der Waals surface area contributed by atoms with Gasteiger partial charge in [-0.3, -0.25) is 4.79 Å². The summed E-state index contributed by atoms with van der Waals surface area (Å²) in [5, 5.41) is 14.2. The van der Waals surface area contributed by atoms with Crippen molar-refractivity contribution in [1.82, 2.24) is 20.2 Å². The Kier molecular flexibility index (Phi) is 6.31. The monoisotopic (exact) mass is 441 g/mol. The van der Waals surface area contributed by atoms with Crippen LogP contribution in [0.2, 0.25) is 10.0 Å². The summed E-state index contributed by atoms with van der Waals surface area (Å²) < 4.78 is 1.40. The number of nitrogens with zero attached hydrogens (tertiary/aromatic N) is 3. The van der Waals surface area contributed by atoms with Crippen LogP contribution < -0.4 is 11.2 Å². The Bertz CT molecular complexity index is 945. The predicted octanol–water partition coefficient (Wildman–Crippen LogP) is 4.39. The highest BCUT2D eigenvalue weighted by molar-refractivity contribution is 8.00. The van der Waals surface area contributed by atoms with E-state index >= 15 is 0 Å². The maximum absolute atomic E-state index is 12.6. The zero-order valence-corrected chi connectivity index (χ0v) is 17.7. The summed E-state index contributed by atoms with van der Waals surface area (Å²) in [4.78, 5) is 13.5. The highest BCUT2D eigenvalue weighted by Crippen LogP contribution is 2.29. The number of carbonyl (C=O) groups is 1. The fourth-order valence-corrected chi connectivity index (χ4v) is 4.46. The van der Waals surface area contributed by atoms with Gasteiger partial charge in [0, 0.05) is 10.0 Å². The van der Waals surface area contributed by atoms with E-state index in [-0.39, 0.29) is 11.9 Å². The number of carbonyl (C=O) groups excluding carboxylic acids is 1. The Balaban J connectivity index is 1.66. The Labute approximate surface area is 175 Å². The minimum absolute atomic E-state index is 0.154. The van der Waals surface area contributed by atoms with Gasteiger partial charge in [-0.25, -0.2) is 4.68 Å². The van der Waals surface area contributed by atoms with Crippen molar-refractivity contribution in [3.05, 3.63) is 51.3 Å². The number of benzene rings is 1. The maximum atomic E-state index is 12.6. The van der Waals surface area contributed by atoms with Crippen LogP contribution in [0.1, 0.15) is 25.5 Å². The van der Waals surface area contributed by atoms with Gasteiger partial charge in [0.15, 0.2) is 5.82 Å². The number of hydrogen-bond donors (Lipinski definition) is 2. The van der Waals surface area contributed by atoms with E-state index in [0.717, 1.165) is 10.4 Å². The molecule has 0 saturated heterocycles. The number of nitrogens with two attached hydrogens (primary N) is 1. The van der Waals surface area contributed by atoms with Gasteiger partial charge in [-0.05, 0) is 43.0 Å². The van der Waals surface area contributed by atoms with Crippen molar-refractivity contribution < 1.29 is 4.79 Å². The van der Waals surface area contributed by atoms with Crippen molar-refractivity contribution in [2.75, 3.05) is 5.84 Å². The second kappa shape index (κ2) is 8.52. The van der Waals surface area contributed by atoms with Crippen LogP contribution in [0, 0.1) is 0 Å². The summed E-state index contributed by atoms with van der Waals surface area (Å²) in [6, 6.07) is 8.77. The molecule has 2 atom stereocenters. The fourth-order valence-electron chi connectivity index (χ4n) is 2.40. The van der Waals surface area contributed by atoms with E-state index in [1.807, 2.05) is 24.4 Å². The molecule has 0 aliphatic heterocycles. The van der Waals surface area contributed by atoms with Crippen molar-refractivity contribution in [3.8, 4) is 10.7 Å². The Morgan fingerprint density at radius 3 is 2.74 bits per heavy atom. The van der Waals surface area contributed by atoms with Gasteiger partial charge in [0.2, 0.25) is 11.1 Å². The van der Waals surface area contributed by atoms with Gasteiger partial charge >= 0.3 is 0 Å². The van der Waals surface area contributed by atoms with Gasteiger partial charge in [-0.2, -0.15) is 0 Å². The molecule has 0 bridgehead atoms.